The van der Waals surface area contributed by atoms with Crippen LogP contribution in [0.25, 0.3) is 11.1 Å². The van der Waals surface area contributed by atoms with Crippen molar-refractivity contribution in [2.45, 2.75) is 30.8 Å². The standard InChI is InChI=1S/C27H29N3O2/c31-19-25-26(22-10-8-21(9-11-22)20-6-2-1-3-7-20)24-18-29(16-4-5-17-30(24)25)27(32)23-12-14-28-15-13-23/h1-3,6-15,24-26,31H,4-5,16-19H2/t24-,25+,26-/m0/s1. The van der Waals surface area contributed by atoms with Crippen molar-refractivity contribution >= 4 is 5.91 Å². The molecule has 1 amide bonds. The summed E-state index contributed by atoms with van der Waals surface area (Å²) in [5.74, 6) is 0.288. The highest BCUT2D eigenvalue weighted by molar-refractivity contribution is 5.94. The lowest BCUT2D eigenvalue weighted by Gasteiger charge is -2.57. The van der Waals surface area contributed by atoms with Crippen LogP contribution in [0, 0.1) is 0 Å². The van der Waals surface area contributed by atoms with Gasteiger partial charge in [0.1, 0.15) is 0 Å². The lowest BCUT2D eigenvalue weighted by Crippen LogP contribution is -2.67. The predicted octanol–water partition coefficient (Wildman–Crippen LogP) is 3.81. The topological polar surface area (TPSA) is 56.7 Å². The summed E-state index contributed by atoms with van der Waals surface area (Å²) >= 11 is 0. The minimum Gasteiger partial charge on any atom is -0.395 e. The summed E-state index contributed by atoms with van der Waals surface area (Å²) in [7, 11) is 0. The number of hydrogen-bond donors (Lipinski definition) is 1. The maximum absolute atomic E-state index is 13.2. The van der Waals surface area contributed by atoms with E-state index in [4.69, 9.17) is 0 Å². The van der Waals surface area contributed by atoms with Gasteiger partial charge < -0.3 is 10.0 Å². The lowest BCUT2D eigenvalue weighted by molar-refractivity contribution is -0.0606. The lowest BCUT2D eigenvalue weighted by atomic mass is 9.74. The second-order valence-corrected chi connectivity index (χ2v) is 8.76. The van der Waals surface area contributed by atoms with Crippen molar-refractivity contribution in [3.05, 3.63) is 90.3 Å². The summed E-state index contributed by atoms with van der Waals surface area (Å²) in [5, 5.41) is 10.2. The molecule has 32 heavy (non-hydrogen) atoms. The van der Waals surface area contributed by atoms with Crippen LogP contribution in [0.5, 0.6) is 0 Å². The van der Waals surface area contributed by atoms with E-state index >= 15 is 0 Å². The quantitative estimate of drug-likeness (QED) is 0.688. The van der Waals surface area contributed by atoms with Crippen LogP contribution in [-0.4, -0.2) is 64.1 Å². The van der Waals surface area contributed by atoms with Gasteiger partial charge in [-0.05, 0) is 48.2 Å². The number of fused-ring (bicyclic) bond motifs is 1. The molecule has 0 unspecified atom stereocenters. The Hall–Kier alpha value is -3.02. The zero-order chi connectivity index (χ0) is 21.9. The molecule has 2 aliphatic rings. The molecule has 3 aromatic rings. The monoisotopic (exact) mass is 427 g/mol. The Labute approximate surface area is 189 Å². The molecule has 1 aromatic heterocycles. The molecule has 5 nitrogen and oxygen atoms in total. The number of carbonyl (C=O) groups excluding carboxylic acids is 1. The highest BCUT2D eigenvalue weighted by Crippen LogP contribution is 2.42. The number of aliphatic hydroxyl groups is 1. The van der Waals surface area contributed by atoms with Gasteiger partial charge in [0.25, 0.3) is 5.91 Å². The van der Waals surface area contributed by atoms with Gasteiger partial charge in [-0.3, -0.25) is 14.7 Å². The third-order valence-electron chi connectivity index (χ3n) is 6.99. The number of aromatic nitrogens is 1. The van der Waals surface area contributed by atoms with E-state index in [1.54, 1.807) is 24.5 Å². The van der Waals surface area contributed by atoms with Crippen LogP contribution in [0.2, 0.25) is 0 Å². The number of amides is 1. The third kappa shape index (κ3) is 3.94. The molecule has 1 N–H and O–H groups in total. The Bertz CT molecular complexity index is 1040. The first-order valence-corrected chi connectivity index (χ1v) is 11.5. The first-order chi connectivity index (χ1) is 15.8. The fourth-order valence-corrected chi connectivity index (χ4v) is 5.33. The minimum atomic E-state index is 0.0693. The molecular weight excluding hydrogens is 398 g/mol. The summed E-state index contributed by atoms with van der Waals surface area (Å²) in [6.07, 6.45) is 5.36. The molecule has 2 saturated heterocycles. The van der Waals surface area contributed by atoms with Crippen molar-refractivity contribution in [1.29, 1.82) is 0 Å². The van der Waals surface area contributed by atoms with Gasteiger partial charge in [0.2, 0.25) is 0 Å². The number of aliphatic hydroxyl groups excluding tert-OH is 1. The van der Waals surface area contributed by atoms with E-state index in [0.717, 1.165) is 25.9 Å². The molecule has 2 fully saturated rings. The first-order valence-electron chi connectivity index (χ1n) is 11.5. The van der Waals surface area contributed by atoms with Gasteiger partial charge >= 0.3 is 0 Å². The van der Waals surface area contributed by atoms with Crippen LogP contribution >= 0.6 is 0 Å². The van der Waals surface area contributed by atoms with E-state index in [9.17, 15) is 9.90 Å². The van der Waals surface area contributed by atoms with Crippen LogP contribution in [0.1, 0.15) is 34.7 Å². The van der Waals surface area contributed by atoms with Crippen molar-refractivity contribution < 1.29 is 9.90 Å². The smallest absolute Gasteiger partial charge is 0.254 e. The Kier molecular flexibility index (Phi) is 6.02. The van der Waals surface area contributed by atoms with Gasteiger partial charge in [0, 0.05) is 49.0 Å². The van der Waals surface area contributed by atoms with Crippen LogP contribution < -0.4 is 0 Å². The largest absolute Gasteiger partial charge is 0.395 e. The summed E-state index contributed by atoms with van der Waals surface area (Å²) in [6, 6.07) is 23.0. The van der Waals surface area contributed by atoms with Gasteiger partial charge in [-0.2, -0.15) is 0 Å². The van der Waals surface area contributed by atoms with E-state index in [1.165, 1.54) is 16.7 Å². The zero-order valence-corrected chi connectivity index (χ0v) is 18.2. The fourth-order valence-electron chi connectivity index (χ4n) is 5.33. The van der Waals surface area contributed by atoms with Gasteiger partial charge in [-0.1, -0.05) is 54.6 Å². The van der Waals surface area contributed by atoms with Gasteiger partial charge in [0.15, 0.2) is 0 Å². The summed E-state index contributed by atoms with van der Waals surface area (Å²) in [6.45, 7) is 2.57. The van der Waals surface area contributed by atoms with Crippen LogP contribution in [0.3, 0.4) is 0 Å². The highest BCUT2D eigenvalue weighted by atomic mass is 16.3. The molecule has 2 aliphatic heterocycles. The molecule has 5 rings (SSSR count). The van der Waals surface area contributed by atoms with Crippen LogP contribution in [0.4, 0.5) is 0 Å². The molecule has 3 heterocycles. The van der Waals surface area contributed by atoms with Gasteiger partial charge in [0.05, 0.1) is 6.61 Å². The summed E-state index contributed by atoms with van der Waals surface area (Å²) in [5.41, 5.74) is 4.32. The minimum absolute atomic E-state index is 0.0693. The number of pyridine rings is 1. The summed E-state index contributed by atoms with van der Waals surface area (Å²) in [4.78, 5) is 21.6. The van der Waals surface area contributed by atoms with E-state index in [-0.39, 0.29) is 30.5 Å². The van der Waals surface area contributed by atoms with Crippen molar-refractivity contribution in [2.75, 3.05) is 26.2 Å². The number of benzene rings is 2. The van der Waals surface area contributed by atoms with Crippen molar-refractivity contribution in [3.63, 3.8) is 0 Å². The molecule has 2 aromatic carbocycles. The average molecular weight is 428 g/mol. The van der Waals surface area contributed by atoms with Crippen molar-refractivity contribution in [3.8, 4) is 11.1 Å². The molecule has 0 bridgehead atoms. The normalized spacial score (nSPS) is 23.5. The maximum atomic E-state index is 13.2. The first kappa shape index (κ1) is 20.9. The van der Waals surface area contributed by atoms with Gasteiger partial charge in [-0.15, -0.1) is 0 Å². The van der Waals surface area contributed by atoms with E-state index in [2.05, 4.69) is 58.4 Å². The Morgan fingerprint density at radius 1 is 0.906 bits per heavy atom. The number of carbonyl (C=O) groups is 1. The van der Waals surface area contributed by atoms with Crippen molar-refractivity contribution in [2.24, 2.45) is 0 Å². The Balaban J connectivity index is 1.39. The van der Waals surface area contributed by atoms with E-state index < -0.39 is 0 Å². The summed E-state index contributed by atoms with van der Waals surface area (Å²) < 4.78 is 0. The maximum Gasteiger partial charge on any atom is 0.254 e. The SMILES string of the molecule is O=C(c1ccncc1)N1CCCCN2[C@H](CO)[C@@H](c3ccc(-c4ccccc4)cc3)[C@@H]2C1. The molecule has 0 saturated carbocycles. The number of nitrogens with zero attached hydrogens (tertiary/aromatic N) is 3. The third-order valence-corrected chi connectivity index (χ3v) is 6.99. The molecule has 0 radical (unpaired) electrons. The van der Waals surface area contributed by atoms with Gasteiger partial charge in [-0.25, -0.2) is 0 Å². The van der Waals surface area contributed by atoms with Crippen molar-refractivity contribution in [1.82, 2.24) is 14.8 Å². The Morgan fingerprint density at radius 2 is 1.59 bits per heavy atom. The molecule has 0 spiro atoms. The number of hydrogen-bond acceptors (Lipinski definition) is 4. The average Bonchev–Trinajstić information content (AvgIpc) is 2.84. The second-order valence-electron chi connectivity index (χ2n) is 8.76. The molecule has 3 atom stereocenters. The van der Waals surface area contributed by atoms with E-state index in [1.807, 2.05) is 11.0 Å². The number of rotatable bonds is 4. The van der Waals surface area contributed by atoms with Crippen LogP contribution in [0.15, 0.2) is 79.1 Å². The Morgan fingerprint density at radius 3 is 2.31 bits per heavy atom. The molecule has 5 heteroatoms. The molecule has 0 aliphatic carbocycles. The zero-order valence-electron chi connectivity index (χ0n) is 18.2. The fraction of sp³-hybridized carbons (Fsp3) is 0.333. The predicted molar refractivity (Wildman–Crippen MR) is 125 cm³/mol. The van der Waals surface area contributed by atoms with E-state index in [0.29, 0.717) is 12.1 Å². The highest BCUT2D eigenvalue weighted by Gasteiger charge is 2.49. The molecule has 164 valence electrons. The van der Waals surface area contributed by atoms with Crippen LogP contribution in [-0.2, 0) is 0 Å². The second kappa shape index (κ2) is 9.23. The molecular formula is C27H29N3O2.